The smallest absolute Gasteiger partial charge is 0.354 e. The van der Waals surface area contributed by atoms with Gasteiger partial charge in [-0.1, -0.05) is 29.8 Å². The molecule has 1 aromatic carbocycles. The van der Waals surface area contributed by atoms with Gasteiger partial charge in [0, 0.05) is 23.7 Å². The lowest BCUT2D eigenvalue weighted by atomic mass is 10.2. The number of rotatable bonds is 3. The summed E-state index contributed by atoms with van der Waals surface area (Å²) in [6.07, 6.45) is 1.59. The number of furan rings is 1. The Balaban J connectivity index is 2.11. The summed E-state index contributed by atoms with van der Waals surface area (Å²) in [5.74, 6) is -0.400. The number of esters is 1. The number of halogens is 1. The maximum atomic E-state index is 11.9. The second-order valence-electron chi connectivity index (χ2n) is 4.37. The minimum absolute atomic E-state index is 0.400. The first kappa shape index (κ1) is 12.8. The number of fused-ring (bicyclic) bond motifs is 1. The highest BCUT2D eigenvalue weighted by atomic mass is 35.5. The molecule has 0 saturated carbocycles. The summed E-state index contributed by atoms with van der Waals surface area (Å²) >= 11 is 6.18. The Labute approximate surface area is 120 Å². The molecule has 0 aliphatic carbocycles. The highest BCUT2D eigenvalue weighted by Crippen LogP contribution is 2.25. The molecular formula is C15H12ClNO3. The lowest BCUT2D eigenvalue weighted by molar-refractivity contribution is 0.0589. The van der Waals surface area contributed by atoms with Crippen LogP contribution < -0.4 is 0 Å². The first-order chi connectivity index (χ1) is 9.70. The number of aromatic nitrogens is 1. The molecule has 0 radical (unpaired) electrons. The molecule has 0 amide bonds. The summed E-state index contributed by atoms with van der Waals surface area (Å²) in [4.78, 5) is 11.9. The summed E-state index contributed by atoms with van der Waals surface area (Å²) in [6.45, 7) is 0.479. The second-order valence-corrected chi connectivity index (χ2v) is 4.78. The van der Waals surface area contributed by atoms with Crippen molar-refractivity contribution in [3.63, 3.8) is 0 Å². The van der Waals surface area contributed by atoms with Crippen LogP contribution in [-0.4, -0.2) is 17.6 Å². The molecule has 3 aromatic rings. The van der Waals surface area contributed by atoms with Gasteiger partial charge in [0.1, 0.15) is 5.69 Å². The van der Waals surface area contributed by atoms with E-state index < -0.39 is 5.97 Å². The number of hydrogen-bond donors (Lipinski definition) is 0. The van der Waals surface area contributed by atoms with E-state index in [0.717, 1.165) is 11.1 Å². The van der Waals surface area contributed by atoms with Crippen LogP contribution in [0.3, 0.4) is 0 Å². The zero-order valence-electron chi connectivity index (χ0n) is 10.8. The fourth-order valence-corrected chi connectivity index (χ4v) is 2.41. The van der Waals surface area contributed by atoms with Gasteiger partial charge in [-0.05, 0) is 11.6 Å². The van der Waals surface area contributed by atoms with Crippen LogP contribution in [0.25, 0.3) is 11.1 Å². The van der Waals surface area contributed by atoms with Gasteiger partial charge in [-0.15, -0.1) is 0 Å². The molecule has 2 aromatic heterocycles. The third-order valence-electron chi connectivity index (χ3n) is 3.20. The fourth-order valence-electron chi connectivity index (χ4n) is 2.22. The SMILES string of the molecule is COC(=O)c1cc2occc2n1Cc1ccccc1Cl. The molecule has 0 fully saturated rings. The number of nitrogens with zero attached hydrogens (tertiary/aromatic N) is 1. The largest absolute Gasteiger partial charge is 0.464 e. The molecule has 0 aliphatic heterocycles. The molecule has 3 rings (SSSR count). The Bertz CT molecular complexity index is 772. The van der Waals surface area contributed by atoms with Crippen LogP contribution in [-0.2, 0) is 11.3 Å². The van der Waals surface area contributed by atoms with Crippen molar-refractivity contribution in [2.75, 3.05) is 7.11 Å². The van der Waals surface area contributed by atoms with Crippen molar-refractivity contribution in [2.45, 2.75) is 6.54 Å². The average Bonchev–Trinajstić information content (AvgIpc) is 3.03. The maximum Gasteiger partial charge on any atom is 0.354 e. The number of carbonyl (C=O) groups excluding carboxylic acids is 1. The number of carbonyl (C=O) groups is 1. The molecule has 0 atom stereocenters. The molecule has 0 N–H and O–H groups in total. The maximum absolute atomic E-state index is 11.9. The van der Waals surface area contributed by atoms with E-state index in [-0.39, 0.29) is 0 Å². The van der Waals surface area contributed by atoms with E-state index in [1.807, 2.05) is 34.9 Å². The van der Waals surface area contributed by atoms with Gasteiger partial charge < -0.3 is 13.7 Å². The molecule has 0 saturated heterocycles. The van der Waals surface area contributed by atoms with Gasteiger partial charge in [0.15, 0.2) is 5.58 Å². The van der Waals surface area contributed by atoms with Crippen LogP contribution >= 0.6 is 11.6 Å². The first-order valence-electron chi connectivity index (χ1n) is 6.09. The van der Waals surface area contributed by atoms with Gasteiger partial charge in [-0.25, -0.2) is 4.79 Å². The van der Waals surface area contributed by atoms with E-state index in [2.05, 4.69) is 0 Å². The monoisotopic (exact) mass is 289 g/mol. The number of hydrogen-bond acceptors (Lipinski definition) is 3. The van der Waals surface area contributed by atoms with Crippen LogP contribution in [0.5, 0.6) is 0 Å². The predicted molar refractivity (Wildman–Crippen MR) is 76.1 cm³/mol. The molecule has 0 unspecified atom stereocenters. The average molecular weight is 290 g/mol. The second kappa shape index (κ2) is 5.06. The van der Waals surface area contributed by atoms with E-state index in [0.29, 0.717) is 22.8 Å². The minimum Gasteiger partial charge on any atom is -0.464 e. The van der Waals surface area contributed by atoms with E-state index in [1.54, 1.807) is 12.3 Å². The molecule has 102 valence electrons. The summed E-state index contributed by atoms with van der Waals surface area (Å²) in [6, 6.07) is 11.0. The van der Waals surface area contributed by atoms with Gasteiger partial charge in [-0.3, -0.25) is 0 Å². The van der Waals surface area contributed by atoms with Crippen molar-refractivity contribution < 1.29 is 13.9 Å². The third-order valence-corrected chi connectivity index (χ3v) is 3.57. The summed E-state index contributed by atoms with van der Waals surface area (Å²) < 4.78 is 12.0. The minimum atomic E-state index is -0.400. The fraction of sp³-hybridized carbons (Fsp3) is 0.133. The Morgan fingerprint density at radius 3 is 2.90 bits per heavy atom. The lowest BCUT2D eigenvalue weighted by Crippen LogP contribution is -2.11. The van der Waals surface area contributed by atoms with E-state index in [4.69, 9.17) is 20.8 Å². The molecule has 5 heteroatoms. The Kier molecular flexibility index (Phi) is 3.24. The molecule has 4 nitrogen and oxygen atoms in total. The van der Waals surface area contributed by atoms with Crippen LogP contribution in [0.4, 0.5) is 0 Å². The van der Waals surface area contributed by atoms with Crippen molar-refractivity contribution >= 4 is 28.7 Å². The van der Waals surface area contributed by atoms with Crippen LogP contribution in [0.15, 0.2) is 47.1 Å². The van der Waals surface area contributed by atoms with E-state index >= 15 is 0 Å². The predicted octanol–water partition coefficient (Wildman–Crippen LogP) is 3.72. The molecule has 0 spiro atoms. The van der Waals surface area contributed by atoms with Crippen molar-refractivity contribution in [1.82, 2.24) is 4.57 Å². The molecular weight excluding hydrogens is 278 g/mol. The van der Waals surface area contributed by atoms with Gasteiger partial charge in [-0.2, -0.15) is 0 Å². The van der Waals surface area contributed by atoms with Crippen molar-refractivity contribution in [3.05, 3.63) is 58.9 Å². The number of methoxy groups -OCH3 is 1. The normalized spacial score (nSPS) is 10.9. The van der Waals surface area contributed by atoms with Crippen LogP contribution in [0, 0.1) is 0 Å². The molecule has 0 bridgehead atoms. The third kappa shape index (κ3) is 2.08. The van der Waals surface area contributed by atoms with Crippen molar-refractivity contribution in [2.24, 2.45) is 0 Å². The lowest BCUT2D eigenvalue weighted by Gasteiger charge is -2.10. The zero-order chi connectivity index (χ0) is 14.1. The Hall–Kier alpha value is -2.20. The van der Waals surface area contributed by atoms with Crippen molar-refractivity contribution in [3.8, 4) is 0 Å². The van der Waals surface area contributed by atoms with Gasteiger partial charge >= 0.3 is 5.97 Å². The van der Waals surface area contributed by atoms with Gasteiger partial charge in [0.25, 0.3) is 0 Å². The van der Waals surface area contributed by atoms with Crippen LogP contribution in [0.2, 0.25) is 5.02 Å². The van der Waals surface area contributed by atoms with Crippen molar-refractivity contribution in [1.29, 1.82) is 0 Å². The Morgan fingerprint density at radius 2 is 2.15 bits per heavy atom. The molecule has 0 aliphatic rings. The highest BCUT2D eigenvalue weighted by Gasteiger charge is 2.18. The standard InChI is InChI=1S/C15H12ClNO3/c1-19-15(18)13-8-14-12(6-7-20-14)17(13)9-10-4-2-3-5-11(10)16/h2-8H,9H2,1H3. The molecule has 2 heterocycles. The first-order valence-corrected chi connectivity index (χ1v) is 6.47. The van der Waals surface area contributed by atoms with Gasteiger partial charge in [0.2, 0.25) is 0 Å². The summed E-state index contributed by atoms with van der Waals surface area (Å²) in [5.41, 5.74) is 2.86. The number of ether oxygens (including phenoxy) is 1. The summed E-state index contributed by atoms with van der Waals surface area (Å²) in [5, 5.41) is 0.661. The zero-order valence-corrected chi connectivity index (χ0v) is 11.6. The van der Waals surface area contributed by atoms with E-state index in [9.17, 15) is 4.79 Å². The highest BCUT2D eigenvalue weighted by molar-refractivity contribution is 6.31. The molecule has 20 heavy (non-hydrogen) atoms. The number of benzene rings is 1. The van der Waals surface area contributed by atoms with E-state index in [1.165, 1.54) is 7.11 Å². The summed E-state index contributed by atoms with van der Waals surface area (Å²) in [7, 11) is 1.36. The van der Waals surface area contributed by atoms with Crippen LogP contribution in [0.1, 0.15) is 16.1 Å². The topological polar surface area (TPSA) is 44.4 Å². The quantitative estimate of drug-likeness (QED) is 0.690. The van der Waals surface area contributed by atoms with Gasteiger partial charge in [0.05, 0.1) is 18.9 Å². The Morgan fingerprint density at radius 1 is 1.35 bits per heavy atom.